The molecule has 1 aromatic heterocycles. The average Bonchev–Trinajstić information content (AvgIpc) is 1.85. The summed E-state index contributed by atoms with van der Waals surface area (Å²) in [7, 11) is 0. The zero-order valence-electron chi connectivity index (χ0n) is 7.20. The maximum Gasteiger partial charge on any atom is 0.182 e. The molecule has 0 N–H and O–H groups in total. The topological polar surface area (TPSA) is 3.88 Å². The van der Waals surface area contributed by atoms with Gasteiger partial charge in [0, 0.05) is 5.56 Å². The van der Waals surface area contributed by atoms with Crippen molar-refractivity contribution < 1.29 is 4.57 Å². The van der Waals surface area contributed by atoms with Crippen molar-refractivity contribution in [3.05, 3.63) is 24.0 Å². The van der Waals surface area contributed by atoms with E-state index < -0.39 is 0 Å². The summed E-state index contributed by atoms with van der Waals surface area (Å²) >= 11 is 4.30. The number of thiol groups is 1. The van der Waals surface area contributed by atoms with Crippen LogP contribution in [0.25, 0.3) is 0 Å². The van der Waals surface area contributed by atoms with Crippen LogP contribution >= 0.6 is 12.6 Å². The zero-order chi connectivity index (χ0) is 8.43. The minimum Gasteiger partial charge on any atom is -0.202 e. The molecule has 0 spiro atoms. The minimum absolute atomic E-state index is 0.515. The van der Waals surface area contributed by atoms with Crippen LogP contribution in [0.5, 0.6) is 0 Å². The minimum atomic E-state index is 0.515. The molecule has 1 heterocycles. The normalized spacial score (nSPS) is 10.6. The predicted molar refractivity (Wildman–Crippen MR) is 49.0 cm³/mol. The van der Waals surface area contributed by atoms with Crippen LogP contribution in [0.4, 0.5) is 0 Å². The third kappa shape index (κ3) is 2.22. The van der Waals surface area contributed by atoms with Crippen molar-refractivity contribution in [1.82, 2.24) is 0 Å². The second-order valence-electron chi connectivity index (χ2n) is 3.11. The van der Waals surface area contributed by atoms with Gasteiger partial charge in [0.1, 0.15) is 0 Å². The van der Waals surface area contributed by atoms with E-state index >= 15 is 0 Å². The Kier molecular flexibility index (Phi) is 2.55. The summed E-state index contributed by atoms with van der Waals surface area (Å²) in [6.45, 7) is 6.40. The molecule has 0 fully saturated rings. The third-order valence-corrected chi connectivity index (χ3v) is 1.85. The summed E-state index contributed by atoms with van der Waals surface area (Å²) in [6.07, 6.45) is 4.17. The molecular formula is C9H14NS+. The number of hydrogen-bond donors (Lipinski definition) is 1. The molecule has 1 nitrogen and oxygen atoms in total. The Morgan fingerprint density at radius 3 is 2.45 bits per heavy atom. The molecular weight excluding hydrogens is 154 g/mol. The molecule has 0 radical (unpaired) electrons. The van der Waals surface area contributed by atoms with E-state index in [9.17, 15) is 0 Å². The molecule has 0 aliphatic heterocycles. The van der Waals surface area contributed by atoms with Gasteiger partial charge in [0.25, 0.3) is 0 Å². The van der Waals surface area contributed by atoms with Gasteiger partial charge in [-0.05, 0) is 26.8 Å². The van der Waals surface area contributed by atoms with E-state index in [0.29, 0.717) is 6.04 Å². The lowest BCUT2D eigenvalue weighted by molar-refractivity contribution is -0.718. The fraction of sp³-hybridized carbons (Fsp3) is 0.444. The molecule has 0 saturated heterocycles. The van der Waals surface area contributed by atoms with Gasteiger partial charge in [-0.25, -0.2) is 4.57 Å². The molecule has 0 aliphatic carbocycles. The molecule has 0 unspecified atom stereocenters. The molecule has 0 aromatic carbocycles. The fourth-order valence-electron chi connectivity index (χ4n) is 1.03. The van der Waals surface area contributed by atoms with Crippen molar-refractivity contribution >= 4 is 12.6 Å². The van der Waals surface area contributed by atoms with Gasteiger partial charge in [-0.3, -0.25) is 0 Å². The van der Waals surface area contributed by atoms with Crippen LogP contribution < -0.4 is 4.57 Å². The molecule has 11 heavy (non-hydrogen) atoms. The number of rotatable bonds is 1. The third-order valence-electron chi connectivity index (χ3n) is 1.61. The molecule has 0 bridgehead atoms. The Morgan fingerprint density at radius 2 is 2.00 bits per heavy atom. The molecule has 0 atom stereocenters. The molecule has 1 rings (SSSR count). The Labute approximate surface area is 73.5 Å². The van der Waals surface area contributed by atoms with Crippen LogP contribution in [0, 0.1) is 6.92 Å². The standard InChI is InChI=1S/C9H13NS/c1-7(2)10-5-8(3)4-9(11)6-10/h4-7H,1-3H3/p+1. The zero-order valence-corrected chi connectivity index (χ0v) is 8.10. The first-order valence-corrected chi connectivity index (χ1v) is 4.25. The first kappa shape index (κ1) is 8.60. The summed E-state index contributed by atoms with van der Waals surface area (Å²) in [5.41, 5.74) is 1.26. The van der Waals surface area contributed by atoms with Gasteiger partial charge in [-0.2, -0.15) is 0 Å². The van der Waals surface area contributed by atoms with Crippen LogP contribution in [0.2, 0.25) is 0 Å². The summed E-state index contributed by atoms with van der Waals surface area (Å²) in [4.78, 5) is 1.03. The number of aromatic nitrogens is 1. The van der Waals surface area contributed by atoms with E-state index in [4.69, 9.17) is 0 Å². The highest BCUT2D eigenvalue weighted by molar-refractivity contribution is 7.80. The van der Waals surface area contributed by atoms with E-state index in [-0.39, 0.29) is 0 Å². The molecule has 0 amide bonds. The largest absolute Gasteiger partial charge is 0.202 e. The number of nitrogens with zero attached hydrogens (tertiary/aromatic N) is 1. The molecule has 0 saturated carbocycles. The molecule has 60 valence electrons. The van der Waals surface area contributed by atoms with Gasteiger partial charge in [0.05, 0.1) is 4.90 Å². The second-order valence-corrected chi connectivity index (χ2v) is 3.63. The maximum absolute atomic E-state index is 4.30. The monoisotopic (exact) mass is 168 g/mol. The first-order valence-electron chi connectivity index (χ1n) is 3.81. The SMILES string of the molecule is Cc1cc(S)c[n+](C(C)C)c1. The van der Waals surface area contributed by atoms with Crippen molar-refractivity contribution in [3.8, 4) is 0 Å². The predicted octanol–water partition coefficient (Wildman–Crippen LogP) is 2.15. The van der Waals surface area contributed by atoms with Crippen molar-refractivity contribution in [2.45, 2.75) is 31.7 Å². The fourth-order valence-corrected chi connectivity index (χ4v) is 1.37. The second kappa shape index (κ2) is 3.26. The van der Waals surface area contributed by atoms with Crippen LogP contribution in [0.3, 0.4) is 0 Å². The van der Waals surface area contributed by atoms with E-state index in [0.717, 1.165) is 4.90 Å². The first-order chi connectivity index (χ1) is 5.09. The van der Waals surface area contributed by atoms with Crippen molar-refractivity contribution in [1.29, 1.82) is 0 Å². The van der Waals surface area contributed by atoms with E-state index in [1.54, 1.807) is 0 Å². The average molecular weight is 168 g/mol. The number of aryl methyl sites for hydroxylation is 1. The van der Waals surface area contributed by atoms with Crippen molar-refractivity contribution in [2.75, 3.05) is 0 Å². The Morgan fingerprint density at radius 1 is 1.36 bits per heavy atom. The quantitative estimate of drug-likeness (QED) is 0.484. The lowest BCUT2D eigenvalue weighted by Crippen LogP contribution is -2.35. The number of hydrogen-bond acceptors (Lipinski definition) is 1. The maximum atomic E-state index is 4.30. The highest BCUT2D eigenvalue weighted by Gasteiger charge is 2.06. The van der Waals surface area contributed by atoms with Gasteiger partial charge >= 0.3 is 0 Å². The highest BCUT2D eigenvalue weighted by Crippen LogP contribution is 2.05. The van der Waals surface area contributed by atoms with Gasteiger partial charge in [-0.15, -0.1) is 12.6 Å². The summed E-state index contributed by atoms with van der Waals surface area (Å²) in [6, 6.07) is 2.57. The van der Waals surface area contributed by atoms with E-state index in [1.807, 2.05) is 6.20 Å². The van der Waals surface area contributed by atoms with E-state index in [1.165, 1.54) is 5.56 Å². The molecule has 0 aliphatic rings. The van der Waals surface area contributed by atoms with Crippen LogP contribution in [0.15, 0.2) is 23.4 Å². The smallest absolute Gasteiger partial charge is 0.182 e. The van der Waals surface area contributed by atoms with Crippen LogP contribution in [0.1, 0.15) is 25.5 Å². The van der Waals surface area contributed by atoms with Gasteiger partial charge < -0.3 is 0 Å². The van der Waals surface area contributed by atoms with Crippen LogP contribution in [-0.2, 0) is 0 Å². The molecule has 1 aromatic rings. The van der Waals surface area contributed by atoms with Crippen LogP contribution in [-0.4, -0.2) is 0 Å². The van der Waals surface area contributed by atoms with Crippen molar-refractivity contribution in [3.63, 3.8) is 0 Å². The summed E-state index contributed by atoms with van der Waals surface area (Å²) < 4.78 is 2.16. The molecule has 2 heteroatoms. The highest BCUT2D eigenvalue weighted by atomic mass is 32.1. The summed E-state index contributed by atoms with van der Waals surface area (Å²) in [5.74, 6) is 0. The lowest BCUT2D eigenvalue weighted by atomic mass is 10.3. The Balaban J connectivity index is 3.08. The van der Waals surface area contributed by atoms with Gasteiger partial charge in [-0.1, -0.05) is 0 Å². The van der Waals surface area contributed by atoms with Crippen molar-refractivity contribution in [2.24, 2.45) is 0 Å². The Bertz CT molecular complexity index is 235. The Hall–Kier alpha value is -0.500. The van der Waals surface area contributed by atoms with E-state index in [2.05, 4.69) is 50.2 Å². The lowest BCUT2D eigenvalue weighted by Gasteiger charge is -2.01. The van der Waals surface area contributed by atoms with Gasteiger partial charge in [0.2, 0.25) is 0 Å². The summed E-state index contributed by atoms with van der Waals surface area (Å²) in [5, 5.41) is 0. The van der Waals surface area contributed by atoms with Gasteiger partial charge in [0.15, 0.2) is 18.4 Å². The number of pyridine rings is 1.